The Labute approximate surface area is 165 Å². The zero-order valence-corrected chi connectivity index (χ0v) is 16.8. The van der Waals surface area contributed by atoms with E-state index in [1.807, 2.05) is 41.1 Å². The molecular weight excluding hydrogens is 377 g/mol. The minimum Gasteiger partial charge on any atom is -0.246 e. The van der Waals surface area contributed by atoms with E-state index < -0.39 is 16.7 Å². The summed E-state index contributed by atoms with van der Waals surface area (Å²) in [6.07, 6.45) is 0.819. The Bertz CT molecular complexity index is 1030. The summed E-state index contributed by atoms with van der Waals surface area (Å²) >= 11 is 0. The van der Waals surface area contributed by atoms with Crippen LogP contribution in [0.15, 0.2) is 65.6 Å². The fourth-order valence-electron chi connectivity index (χ4n) is 3.04. The number of sulfonamides is 1. The molecule has 0 spiro atoms. The van der Waals surface area contributed by atoms with Crippen molar-refractivity contribution in [2.24, 2.45) is 5.92 Å². The van der Waals surface area contributed by atoms with E-state index in [1.54, 1.807) is 12.1 Å². The van der Waals surface area contributed by atoms with Crippen molar-refractivity contribution in [1.82, 2.24) is 14.5 Å². The quantitative estimate of drug-likeness (QED) is 0.620. The van der Waals surface area contributed by atoms with Crippen molar-refractivity contribution in [3.63, 3.8) is 0 Å². The van der Waals surface area contributed by atoms with Crippen LogP contribution in [0.3, 0.4) is 0 Å². The van der Waals surface area contributed by atoms with E-state index in [9.17, 15) is 12.8 Å². The lowest BCUT2D eigenvalue weighted by Crippen LogP contribution is -2.24. The van der Waals surface area contributed by atoms with E-state index in [0.717, 1.165) is 17.8 Å². The van der Waals surface area contributed by atoms with Crippen molar-refractivity contribution >= 4 is 10.0 Å². The van der Waals surface area contributed by atoms with Crippen LogP contribution in [0.2, 0.25) is 0 Å². The highest BCUT2D eigenvalue weighted by Gasteiger charge is 2.19. The molecule has 3 aromatic rings. The monoisotopic (exact) mass is 401 g/mol. The minimum absolute atomic E-state index is 0.0356. The van der Waals surface area contributed by atoms with Crippen LogP contribution in [0, 0.1) is 5.92 Å². The molecule has 0 aliphatic heterocycles. The normalized spacial score (nSPS) is 11.9. The van der Waals surface area contributed by atoms with Crippen molar-refractivity contribution in [2.45, 2.75) is 38.4 Å². The van der Waals surface area contributed by atoms with Gasteiger partial charge in [0.1, 0.15) is 6.67 Å². The third-order valence-electron chi connectivity index (χ3n) is 4.30. The molecule has 0 bridgehead atoms. The summed E-state index contributed by atoms with van der Waals surface area (Å²) in [6.45, 7) is 3.45. The average Bonchev–Trinajstić information content (AvgIpc) is 3.09. The van der Waals surface area contributed by atoms with Gasteiger partial charge in [-0.15, -0.1) is 0 Å². The zero-order valence-electron chi connectivity index (χ0n) is 16.0. The second-order valence-electron chi connectivity index (χ2n) is 7.04. The van der Waals surface area contributed by atoms with E-state index in [4.69, 9.17) is 0 Å². The maximum Gasteiger partial charge on any atom is 0.241 e. The first-order chi connectivity index (χ1) is 13.4. The average molecular weight is 402 g/mol. The van der Waals surface area contributed by atoms with Gasteiger partial charge in [-0.3, -0.25) is 0 Å². The van der Waals surface area contributed by atoms with Gasteiger partial charge >= 0.3 is 0 Å². The van der Waals surface area contributed by atoms with Gasteiger partial charge in [0.15, 0.2) is 0 Å². The molecule has 0 unspecified atom stereocenters. The first kappa shape index (κ1) is 20.2. The molecule has 0 aliphatic carbocycles. The summed E-state index contributed by atoms with van der Waals surface area (Å²) in [6, 6.07) is 17.7. The van der Waals surface area contributed by atoms with Crippen LogP contribution in [0.1, 0.15) is 30.8 Å². The largest absolute Gasteiger partial charge is 0.246 e. The predicted molar refractivity (Wildman–Crippen MR) is 107 cm³/mol. The van der Waals surface area contributed by atoms with E-state index in [1.165, 1.54) is 12.1 Å². The molecule has 28 heavy (non-hydrogen) atoms. The van der Waals surface area contributed by atoms with Crippen molar-refractivity contribution in [2.75, 3.05) is 0 Å². The molecule has 0 radical (unpaired) electrons. The number of para-hydroxylation sites is 1. The van der Waals surface area contributed by atoms with Crippen LogP contribution < -0.4 is 4.72 Å². The number of halogens is 1. The third kappa shape index (κ3) is 4.66. The van der Waals surface area contributed by atoms with Gasteiger partial charge in [-0.1, -0.05) is 50.2 Å². The molecule has 1 heterocycles. The summed E-state index contributed by atoms with van der Waals surface area (Å²) in [7, 11) is -3.83. The van der Waals surface area contributed by atoms with Gasteiger partial charge in [0, 0.05) is 11.3 Å². The lowest BCUT2D eigenvalue weighted by molar-refractivity contribution is 0.477. The molecule has 0 amide bonds. The molecule has 0 saturated carbocycles. The standard InChI is InChI=1S/C21H24FN3O2S/c1-16(2)12-20-13-18(24-25(20)19-9-4-3-5-10-19)15-23-28(26,27)21-11-7-6-8-17(21)14-22/h3-11,13,16,23H,12,14-15H2,1-2H3. The van der Waals surface area contributed by atoms with Gasteiger partial charge in [-0.25, -0.2) is 22.2 Å². The van der Waals surface area contributed by atoms with Crippen LogP contribution >= 0.6 is 0 Å². The van der Waals surface area contributed by atoms with E-state index >= 15 is 0 Å². The molecule has 3 rings (SSSR count). The number of hydrogen-bond acceptors (Lipinski definition) is 3. The molecule has 5 nitrogen and oxygen atoms in total. The summed E-state index contributed by atoms with van der Waals surface area (Å²) in [5.74, 6) is 0.431. The van der Waals surface area contributed by atoms with Crippen LogP contribution in [-0.4, -0.2) is 18.2 Å². The molecule has 148 valence electrons. The van der Waals surface area contributed by atoms with Gasteiger partial charge in [-0.05, 0) is 36.6 Å². The molecule has 1 aromatic heterocycles. The van der Waals surface area contributed by atoms with Crippen molar-refractivity contribution < 1.29 is 12.8 Å². The van der Waals surface area contributed by atoms with Gasteiger partial charge in [-0.2, -0.15) is 5.10 Å². The van der Waals surface area contributed by atoms with E-state index in [0.29, 0.717) is 11.6 Å². The maximum absolute atomic E-state index is 13.1. The Kier molecular flexibility index (Phi) is 6.26. The smallest absolute Gasteiger partial charge is 0.241 e. The summed E-state index contributed by atoms with van der Waals surface area (Å²) in [4.78, 5) is -0.0394. The fraction of sp³-hybridized carbons (Fsp3) is 0.286. The van der Waals surface area contributed by atoms with Gasteiger partial charge in [0.25, 0.3) is 0 Å². The number of aromatic nitrogens is 2. The topological polar surface area (TPSA) is 64.0 Å². The number of benzene rings is 2. The summed E-state index contributed by atoms with van der Waals surface area (Å²) in [5.41, 5.74) is 2.70. The minimum atomic E-state index is -3.83. The SMILES string of the molecule is CC(C)Cc1cc(CNS(=O)(=O)c2ccccc2CF)nn1-c1ccccc1. The van der Waals surface area contributed by atoms with Crippen molar-refractivity contribution in [3.05, 3.63) is 77.6 Å². The Morgan fingerprint density at radius 2 is 1.75 bits per heavy atom. The number of rotatable bonds is 8. The lowest BCUT2D eigenvalue weighted by atomic mass is 10.1. The molecular formula is C21H24FN3O2S. The first-order valence-electron chi connectivity index (χ1n) is 9.17. The van der Waals surface area contributed by atoms with Crippen LogP contribution in [-0.2, 0) is 29.7 Å². The number of nitrogens with one attached hydrogen (secondary N) is 1. The zero-order chi connectivity index (χ0) is 20.1. The lowest BCUT2D eigenvalue weighted by Gasteiger charge is -2.09. The number of alkyl halides is 1. The fourth-order valence-corrected chi connectivity index (χ4v) is 4.26. The van der Waals surface area contributed by atoms with E-state index in [2.05, 4.69) is 23.7 Å². The summed E-state index contributed by atoms with van der Waals surface area (Å²) in [5, 5.41) is 4.59. The number of nitrogens with zero attached hydrogens (tertiary/aromatic N) is 2. The molecule has 0 aliphatic rings. The molecule has 0 saturated heterocycles. The second kappa shape index (κ2) is 8.67. The number of hydrogen-bond donors (Lipinski definition) is 1. The maximum atomic E-state index is 13.1. The molecule has 7 heteroatoms. The highest BCUT2D eigenvalue weighted by atomic mass is 32.2. The second-order valence-corrected chi connectivity index (χ2v) is 8.77. The predicted octanol–water partition coefficient (Wildman–Crippen LogP) is 4.02. The van der Waals surface area contributed by atoms with Crippen molar-refractivity contribution in [1.29, 1.82) is 0 Å². The van der Waals surface area contributed by atoms with Crippen LogP contribution in [0.4, 0.5) is 4.39 Å². The van der Waals surface area contributed by atoms with Crippen LogP contribution in [0.5, 0.6) is 0 Å². The molecule has 0 atom stereocenters. The van der Waals surface area contributed by atoms with Gasteiger partial charge in [0.2, 0.25) is 10.0 Å². The van der Waals surface area contributed by atoms with Crippen LogP contribution in [0.25, 0.3) is 5.69 Å². The molecule has 0 fully saturated rings. The van der Waals surface area contributed by atoms with Gasteiger partial charge in [0.05, 0.1) is 22.8 Å². The highest BCUT2D eigenvalue weighted by molar-refractivity contribution is 7.89. The Hall–Kier alpha value is -2.51. The van der Waals surface area contributed by atoms with Crippen molar-refractivity contribution in [3.8, 4) is 5.69 Å². The molecule has 2 aromatic carbocycles. The Morgan fingerprint density at radius 1 is 1.07 bits per heavy atom. The summed E-state index contributed by atoms with van der Waals surface area (Å²) < 4.78 is 42.7. The Morgan fingerprint density at radius 3 is 2.43 bits per heavy atom. The van der Waals surface area contributed by atoms with E-state index in [-0.39, 0.29) is 17.0 Å². The van der Waals surface area contributed by atoms with Gasteiger partial charge < -0.3 is 0 Å². The third-order valence-corrected chi connectivity index (χ3v) is 5.80. The Balaban J connectivity index is 1.85. The first-order valence-corrected chi connectivity index (χ1v) is 10.7. The molecule has 1 N–H and O–H groups in total. The highest BCUT2D eigenvalue weighted by Crippen LogP contribution is 2.19.